The van der Waals surface area contributed by atoms with Crippen LogP contribution in [-0.4, -0.2) is 41.9 Å². The Hall–Kier alpha value is -4.02. The van der Waals surface area contributed by atoms with Crippen molar-refractivity contribution in [1.29, 1.82) is 0 Å². The van der Waals surface area contributed by atoms with Crippen molar-refractivity contribution >= 4 is 17.1 Å². The quantitative estimate of drug-likeness (QED) is 0.430. The molecule has 2 N–H and O–H groups in total. The number of imidazole rings is 1. The number of aromatic nitrogens is 6. The van der Waals surface area contributed by atoms with Gasteiger partial charge in [0.1, 0.15) is 17.2 Å². The first-order valence-corrected chi connectivity index (χ1v) is 9.60. The molecule has 0 aliphatic carbocycles. The van der Waals surface area contributed by atoms with Crippen LogP contribution in [0.25, 0.3) is 22.6 Å². The first kappa shape index (κ1) is 20.3. The number of hydrogen-bond donors (Lipinski definition) is 2. The third-order valence-corrected chi connectivity index (χ3v) is 4.62. The smallest absolute Gasteiger partial charge is 0.330 e. The van der Waals surface area contributed by atoms with Gasteiger partial charge in [-0.2, -0.15) is 5.10 Å². The van der Waals surface area contributed by atoms with E-state index in [0.717, 1.165) is 10.1 Å². The van der Waals surface area contributed by atoms with Crippen LogP contribution in [0.5, 0.6) is 0 Å². The lowest BCUT2D eigenvalue weighted by Crippen LogP contribution is -2.35. The molecule has 0 aliphatic rings. The SMILES string of the molecule is CCOC(=O)CCn1c(=O)[nH]c2nc(-c3cnn(Cc4cccc(F)c4)c3)[nH]c2c1=O. The van der Waals surface area contributed by atoms with Crippen molar-refractivity contribution in [2.45, 2.75) is 26.4 Å². The molecule has 4 aromatic rings. The number of rotatable bonds is 7. The zero-order chi connectivity index (χ0) is 22.0. The number of fused-ring (bicyclic) bond motifs is 1. The fourth-order valence-electron chi connectivity index (χ4n) is 3.19. The van der Waals surface area contributed by atoms with Crippen LogP contribution < -0.4 is 11.2 Å². The minimum absolute atomic E-state index is 0.101. The van der Waals surface area contributed by atoms with Gasteiger partial charge in [-0.05, 0) is 24.6 Å². The summed E-state index contributed by atoms with van der Waals surface area (Å²) in [5.41, 5.74) is 0.293. The summed E-state index contributed by atoms with van der Waals surface area (Å²) in [5.74, 6) is -0.480. The van der Waals surface area contributed by atoms with Gasteiger partial charge in [0.25, 0.3) is 5.56 Å². The van der Waals surface area contributed by atoms with E-state index in [2.05, 4.69) is 20.1 Å². The summed E-state index contributed by atoms with van der Waals surface area (Å²) >= 11 is 0. The monoisotopic (exact) mass is 426 g/mol. The Morgan fingerprint density at radius 1 is 1.26 bits per heavy atom. The topological polar surface area (TPSA) is 128 Å². The van der Waals surface area contributed by atoms with Gasteiger partial charge in [0.2, 0.25) is 0 Å². The Balaban J connectivity index is 1.60. The van der Waals surface area contributed by atoms with E-state index in [0.29, 0.717) is 17.9 Å². The lowest BCUT2D eigenvalue weighted by atomic mass is 10.2. The van der Waals surface area contributed by atoms with Crippen LogP contribution in [0.1, 0.15) is 18.9 Å². The highest BCUT2D eigenvalue weighted by Gasteiger charge is 2.15. The molecule has 0 spiro atoms. The maximum absolute atomic E-state index is 13.4. The molecule has 11 heteroatoms. The molecule has 0 bridgehead atoms. The summed E-state index contributed by atoms with van der Waals surface area (Å²) in [6.07, 6.45) is 3.14. The average molecular weight is 426 g/mol. The number of aromatic amines is 2. The van der Waals surface area contributed by atoms with Crippen molar-refractivity contribution in [2.24, 2.45) is 0 Å². The summed E-state index contributed by atoms with van der Waals surface area (Å²) in [4.78, 5) is 46.2. The predicted octanol–water partition coefficient (Wildman–Crippen LogP) is 1.42. The molecule has 3 aromatic heterocycles. The molecule has 160 valence electrons. The number of esters is 1. The van der Waals surface area contributed by atoms with Gasteiger partial charge < -0.3 is 9.72 Å². The van der Waals surface area contributed by atoms with Crippen LogP contribution in [0, 0.1) is 5.82 Å². The Morgan fingerprint density at radius 2 is 2.10 bits per heavy atom. The number of carbonyl (C=O) groups excluding carboxylic acids is 1. The number of benzene rings is 1. The van der Waals surface area contributed by atoms with E-state index in [4.69, 9.17) is 4.74 Å². The van der Waals surface area contributed by atoms with E-state index in [-0.39, 0.29) is 36.6 Å². The molecule has 0 fully saturated rings. The minimum atomic E-state index is -0.665. The van der Waals surface area contributed by atoms with Crippen LogP contribution in [0.15, 0.2) is 46.2 Å². The highest BCUT2D eigenvalue weighted by atomic mass is 19.1. The number of nitrogens with one attached hydrogen (secondary N) is 2. The van der Waals surface area contributed by atoms with E-state index < -0.39 is 17.2 Å². The molecule has 0 aliphatic heterocycles. The van der Waals surface area contributed by atoms with Gasteiger partial charge in [0.05, 0.1) is 31.3 Å². The maximum Gasteiger partial charge on any atom is 0.330 e. The highest BCUT2D eigenvalue weighted by molar-refractivity contribution is 5.74. The predicted molar refractivity (Wildman–Crippen MR) is 109 cm³/mol. The van der Waals surface area contributed by atoms with Crippen LogP contribution in [0.4, 0.5) is 4.39 Å². The van der Waals surface area contributed by atoms with E-state index in [1.807, 2.05) is 0 Å². The largest absolute Gasteiger partial charge is 0.466 e. The molecular formula is C20H19FN6O4. The molecule has 31 heavy (non-hydrogen) atoms. The molecule has 0 saturated heterocycles. The zero-order valence-corrected chi connectivity index (χ0v) is 16.6. The van der Waals surface area contributed by atoms with Gasteiger partial charge in [0.15, 0.2) is 5.65 Å². The molecule has 0 saturated carbocycles. The van der Waals surface area contributed by atoms with Crippen molar-refractivity contribution in [1.82, 2.24) is 29.3 Å². The molecule has 10 nitrogen and oxygen atoms in total. The summed E-state index contributed by atoms with van der Waals surface area (Å²) in [6, 6.07) is 6.20. The summed E-state index contributed by atoms with van der Waals surface area (Å²) < 4.78 is 20.7. The van der Waals surface area contributed by atoms with E-state index >= 15 is 0 Å². The molecule has 0 radical (unpaired) electrons. The fraction of sp³-hybridized carbons (Fsp3) is 0.250. The second-order valence-electron chi connectivity index (χ2n) is 6.81. The Labute approximate surface area is 174 Å². The number of ether oxygens (including phenoxy) is 1. The number of carbonyl (C=O) groups is 1. The van der Waals surface area contributed by atoms with Gasteiger partial charge in [-0.3, -0.25) is 23.8 Å². The van der Waals surface area contributed by atoms with Crippen molar-refractivity contribution in [3.05, 3.63) is 68.9 Å². The molecule has 1 aromatic carbocycles. The van der Waals surface area contributed by atoms with Gasteiger partial charge >= 0.3 is 11.7 Å². The average Bonchev–Trinajstić information content (AvgIpc) is 3.35. The first-order chi connectivity index (χ1) is 14.9. The van der Waals surface area contributed by atoms with Crippen molar-refractivity contribution in [3.63, 3.8) is 0 Å². The molecule has 4 rings (SSSR count). The number of nitrogens with zero attached hydrogens (tertiary/aromatic N) is 4. The van der Waals surface area contributed by atoms with Crippen molar-refractivity contribution in [3.8, 4) is 11.4 Å². The lowest BCUT2D eigenvalue weighted by molar-refractivity contribution is -0.143. The Bertz CT molecular complexity index is 1370. The number of hydrogen-bond acceptors (Lipinski definition) is 6. The van der Waals surface area contributed by atoms with Crippen molar-refractivity contribution in [2.75, 3.05) is 6.61 Å². The Morgan fingerprint density at radius 3 is 2.87 bits per heavy atom. The summed E-state index contributed by atoms with van der Waals surface area (Å²) in [7, 11) is 0. The highest BCUT2D eigenvalue weighted by Crippen LogP contribution is 2.17. The second kappa shape index (κ2) is 8.38. The maximum atomic E-state index is 13.4. The zero-order valence-electron chi connectivity index (χ0n) is 16.6. The molecular weight excluding hydrogens is 407 g/mol. The molecule has 0 unspecified atom stereocenters. The van der Waals surface area contributed by atoms with Crippen molar-refractivity contribution < 1.29 is 13.9 Å². The van der Waals surface area contributed by atoms with Gasteiger partial charge in [-0.15, -0.1) is 0 Å². The van der Waals surface area contributed by atoms with Crippen LogP contribution >= 0.6 is 0 Å². The van der Waals surface area contributed by atoms with Gasteiger partial charge in [-0.25, -0.2) is 14.2 Å². The first-order valence-electron chi connectivity index (χ1n) is 9.60. The van der Waals surface area contributed by atoms with Crippen LogP contribution in [-0.2, 0) is 22.6 Å². The Kier molecular flexibility index (Phi) is 5.48. The van der Waals surface area contributed by atoms with E-state index in [1.54, 1.807) is 36.1 Å². The second-order valence-corrected chi connectivity index (χ2v) is 6.81. The number of halogens is 1. The molecule has 0 amide bonds. The minimum Gasteiger partial charge on any atom is -0.466 e. The standard InChI is InChI=1S/C20H19FN6O4/c1-2-31-15(28)6-7-27-19(29)16-18(25-20(27)30)24-17(23-16)13-9-22-26(11-13)10-12-4-3-5-14(21)8-12/h3-5,8-9,11H,2,6-7,10H2,1H3,(H,23,24)(H,25,30). The normalized spacial score (nSPS) is 11.2. The third-order valence-electron chi connectivity index (χ3n) is 4.62. The number of H-pyrrole nitrogens is 2. The fourth-order valence-corrected chi connectivity index (χ4v) is 3.19. The third kappa shape index (κ3) is 4.29. The van der Waals surface area contributed by atoms with Gasteiger partial charge in [0, 0.05) is 12.7 Å². The van der Waals surface area contributed by atoms with E-state index in [9.17, 15) is 18.8 Å². The summed E-state index contributed by atoms with van der Waals surface area (Å²) in [6.45, 7) is 2.15. The molecule has 0 atom stereocenters. The van der Waals surface area contributed by atoms with E-state index in [1.165, 1.54) is 12.1 Å². The lowest BCUT2D eigenvalue weighted by Gasteiger charge is -2.04. The van der Waals surface area contributed by atoms with Crippen LogP contribution in [0.2, 0.25) is 0 Å². The van der Waals surface area contributed by atoms with Crippen LogP contribution in [0.3, 0.4) is 0 Å². The molecule has 3 heterocycles. The van der Waals surface area contributed by atoms with Gasteiger partial charge in [-0.1, -0.05) is 12.1 Å². The summed E-state index contributed by atoms with van der Waals surface area (Å²) in [5, 5.41) is 4.24.